The monoisotopic (exact) mass is 228 g/mol. The van der Waals surface area contributed by atoms with Gasteiger partial charge in [0.2, 0.25) is 0 Å². The average Bonchev–Trinajstić information content (AvgIpc) is 2.81. The Balaban J connectivity index is 1.71. The van der Waals surface area contributed by atoms with Gasteiger partial charge in [-0.1, -0.05) is 6.42 Å². The van der Waals surface area contributed by atoms with E-state index >= 15 is 0 Å². The van der Waals surface area contributed by atoms with Crippen LogP contribution in [0.5, 0.6) is 0 Å². The molecule has 4 heteroatoms. The summed E-state index contributed by atoms with van der Waals surface area (Å²) >= 11 is 0. The molecule has 1 heterocycles. The van der Waals surface area contributed by atoms with Gasteiger partial charge in [-0.15, -0.1) is 0 Å². The molecule has 2 rings (SSSR count). The summed E-state index contributed by atoms with van der Waals surface area (Å²) in [6, 6.07) is 0.581. The molecule has 0 radical (unpaired) electrons. The summed E-state index contributed by atoms with van der Waals surface area (Å²) in [6.45, 7) is 6.30. The van der Waals surface area contributed by atoms with E-state index in [-0.39, 0.29) is 6.10 Å². The fourth-order valence-corrected chi connectivity index (χ4v) is 2.73. The minimum absolute atomic E-state index is 0.189. The second kappa shape index (κ2) is 5.00. The molecule has 3 N–H and O–H groups in total. The zero-order chi connectivity index (χ0) is 11.6. The molecule has 3 unspecified atom stereocenters. The maximum atomic E-state index is 5.76. The Bertz CT molecular complexity index is 233. The van der Waals surface area contributed by atoms with Crippen molar-refractivity contribution in [3.05, 3.63) is 0 Å². The highest BCUT2D eigenvalue weighted by Crippen LogP contribution is 2.26. The quantitative estimate of drug-likeness (QED) is 0.749. The lowest BCUT2D eigenvalue weighted by Gasteiger charge is -2.22. The molecule has 0 spiro atoms. The van der Waals surface area contributed by atoms with Crippen LogP contribution in [0.3, 0.4) is 0 Å². The summed E-state index contributed by atoms with van der Waals surface area (Å²) in [6.07, 6.45) is 4.00. The number of hydrogen-bond donors (Lipinski definition) is 2. The zero-order valence-electron chi connectivity index (χ0n) is 10.4. The third kappa shape index (κ3) is 2.94. The molecular formula is C12H24N2O2. The Morgan fingerprint density at radius 3 is 2.81 bits per heavy atom. The van der Waals surface area contributed by atoms with Gasteiger partial charge in [-0.2, -0.15) is 0 Å². The Hall–Kier alpha value is -0.160. The van der Waals surface area contributed by atoms with Crippen molar-refractivity contribution in [2.45, 2.75) is 51.0 Å². The van der Waals surface area contributed by atoms with E-state index in [4.69, 9.17) is 15.2 Å². The highest BCUT2D eigenvalue weighted by Gasteiger charge is 2.33. The van der Waals surface area contributed by atoms with Crippen molar-refractivity contribution in [3.63, 3.8) is 0 Å². The normalized spacial score (nSPS) is 38.1. The Labute approximate surface area is 97.9 Å². The van der Waals surface area contributed by atoms with E-state index in [1.54, 1.807) is 0 Å². The van der Waals surface area contributed by atoms with Crippen LogP contribution in [-0.4, -0.2) is 37.6 Å². The number of nitrogens with one attached hydrogen (secondary N) is 1. The first-order valence-corrected chi connectivity index (χ1v) is 6.36. The van der Waals surface area contributed by atoms with Crippen LogP contribution in [0.25, 0.3) is 0 Å². The standard InChI is InChI=1S/C12H24N2O2/c1-12(2)15-8-10(16-12)7-14-11-5-3-4-9(11)6-13/h9-11,14H,3-8,13H2,1-2H3. The molecule has 0 aromatic rings. The molecule has 1 aliphatic carbocycles. The van der Waals surface area contributed by atoms with Crippen molar-refractivity contribution in [2.75, 3.05) is 19.7 Å². The Morgan fingerprint density at radius 1 is 1.38 bits per heavy atom. The Kier molecular flexibility index (Phi) is 3.85. The van der Waals surface area contributed by atoms with Crippen molar-refractivity contribution in [2.24, 2.45) is 11.7 Å². The lowest BCUT2D eigenvalue weighted by atomic mass is 10.0. The third-order valence-corrected chi connectivity index (χ3v) is 3.64. The van der Waals surface area contributed by atoms with Crippen molar-refractivity contribution in [1.29, 1.82) is 0 Å². The van der Waals surface area contributed by atoms with E-state index in [0.29, 0.717) is 18.6 Å². The van der Waals surface area contributed by atoms with Gasteiger partial charge in [-0.25, -0.2) is 0 Å². The number of ether oxygens (including phenoxy) is 2. The summed E-state index contributed by atoms with van der Waals surface area (Å²) in [7, 11) is 0. The molecule has 2 fully saturated rings. The Morgan fingerprint density at radius 2 is 2.19 bits per heavy atom. The molecule has 3 atom stereocenters. The van der Waals surface area contributed by atoms with Gasteiger partial charge in [-0.3, -0.25) is 0 Å². The van der Waals surface area contributed by atoms with Gasteiger partial charge in [0, 0.05) is 12.6 Å². The largest absolute Gasteiger partial charge is 0.348 e. The molecule has 1 saturated carbocycles. The SMILES string of the molecule is CC1(C)OCC(CNC2CCCC2CN)O1. The van der Waals surface area contributed by atoms with Gasteiger partial charge >= 0.3 is 0 Å². The first-order valence-electron chi connectivity index (χ1n) is 6.36. The van der Waals surface area contributed by atoms with Crippen LogP contribution in [0, 0.1) is 5.92 Å². The van der Waals surface area contributed by atoms with Crippen molar-refractivity contribution >= 4 is 0 Å². The van der Waals surface area contributed by atoms with Gasteiger partial charge in [0.1, 0.15) is 0 Å². The molecular weight excluding hydrogens is 204 g/mol. The van der Waals surface area contributed by atoms with Crippen LogP contribution >= 0.6 is 0 Å². The molecule has 94 valence electrons. The van der Waals surface area contributed by atoms with Crippen LogP contribution in [0.2, 0.25) is 0 Å². The zero-order valence-corrected chi connectivity index (χ0v) is 10.4. The maximum absolute atomic E-state index is 5.76. The van der Waals surface area contributed by atoms with Gasteiger partial charge in [-0.05, 0) is 39.2 Å². The molecule has 1 saturated heterocycles. The molecule has 0 bridgehead atoms. The second-order valence-corrected chi connectivity index (χ2v) is 5.39. The molecule has 1 aliphatic heterocycles. The number of nitrogens with two attached hydrogens (primary N) is 1. The van der Waals surface area contributed by atoms with Crippen molar-refractivity contribution in [3.8, 4) is 0 Å². The second-order valence-electron chi connectivity index (χ2n) is 5.39. The molecule has 4 nitrogen and oxygen atoms in total. The van der Waals surface area contributed by atoms with Gasteiger partial charge in [0.15, 0.2) is 5.79 Å². The van der Waals surface area contributed by atoms with E-state index in [1.165, 1.54) is 19.3 Å². The van der Waals surface area contributed by atoms with Crippen molar-refractivity contribution < 1.29 is 9.47 Å². The summed E-state index contributed by atoms with van der Waals surface area (Å²) < 4.78 is 11.3. The first-order chi connectivity index (χ1) is 7.61. The molecule has 0 amide bonds. The summed E-state index contributed by atoms with van der Waals surface area (Å²) in [5, 5.41) is 3.58. The summed E-state index contributed by atoms with van der Waals surface area (Å²) in [5.74, 6) is 0.241. The minimum atomic E-state index is -0.407. The van der Waals surface area contributed by atoms with Crippen LogP contribution in [0.1, 0.15) is 33.1 Å². The van der Waals surface area contributed by atoms with E-state index in [0.717, 1.165) is 13.1 Å². The van der Waals surface area contributed by atoms with Gasteiger partial charge in [0.05, 0.1) is 12.7 Å². The molecule has 16 heavy (non-hydrogen) atoms. The van der Waals surface area contributed by atoms with Crippen LogP contribution in [-0.2, 0) is 9.47 Å². The first kappa shape index (κ1) is 12.3. The maximum Gasteiger partial charge on any atom is 0.163 e. The fraction of sp³-hybridized carbons (Fsp3) is 1.00. The molecule has 0 aromatic heterocycles. The van der Waals surface area contributed by atoms with E-state index in [2.05, 4.69) is 5.32 Å². The lowest BCUT2D eigenvalue weighted by Crippen LogP contribution is -2.41. The smallest absolute Gasteiger partial charge is 0.163 e. The lowest BCUT2D eigenvalue weighted by molar-refractivity contribution is -0.137. The predicted octanol–water partition coefficient (Wildman–Crippen LogP) is 0.855. The third-order valence-electron chi connectivity index (χ3n) is 3.64. The predicted molar refractivity (Wildman–Crippen MR) is 63.1 cm³/mol. The number of hydrogen-bond acceptors (Lipinski definition) is 4. The van der Waals surface area contributed by atoms with E-state index < -0.39 is 5.79 Å². The number of rotatable bonds is 4. The highest BCUT2D eigenvalue weighted by atomic mass is 16.7. The molecule has 2 aliphatic rings. The van der Waals surface area contributed by atoms with Gasteiger partial charge in [0.25, 0.3) is 0 Å². The minimum Gasteiger partial charge on any atom is -0.348 e. The van der Waals surface area contributed by atoms with Gasteiger partial charge < -0.3 is 20.5 Å². The van der Waals surface area contributed by atoms with E-state index in [9.17, 15) is 0 Å². The summed E-state index contributed by atoms with van der Waals surface area (Å²) in [4.78, 5) is 0. The van der Waals surface area contributed by atoms with Crippen LogP contribution < -0.4 is 11.1 Å². The van der Waals surface area contributed by atoms with Crippen molar-refractivity contribution in [1.82, 2.24) is 5.32 Å². The van der Waals surface area contributed by atoms with E-state index in [1.807, 2.05) is 13.8 Å². The topological polar surface area (TPSA) is 56.5 Å². The molecule has 0 aromatic carbocycles. The van der Waals surface area contributed by atoms with Crippen LogP contribution in [0.15, 0.2) is 0 Å². The summed E-state index contributed by atoms with van der Waals surface area (Å²) in [5.41, 5.74) is 5.76. The highest BCUT2D eigenvalue weighted by molar-refractivity contribution is 4.85. The fourth-order valence-electron chi connectivity index (χ4n) is 2.73. The average molecular weight is 228 g/mol. The van der Waals surface area contributed by atoms with Crippen LogP contribution in [0.4, 0.5) is 0 Å².